The van der Waals surface area contributed by atoms with Gasteiger partial charge in [-0.05, 0) is 82.9 Å². The van der Waals surface area contributed by atoms with E-state index in [0.717, 1.165) is 66.8 Å². The summed E-state index contributed by atoms with van der Waals surface area (Å²) in [5.41, 5.74) is -0.592. The van der Waals surface area contributed by atoms with Gasteiger partial charge in [0.2, 0.25) is 12.2 Å². The maximum absolute atomic E-state index is 13.7. The topological polar surface area (TPSA) is 289 Å². The Hall–Kier alpha value is -7.36. The minimum Gasteiger partial charge on any atom is -0.504 e. The highest BCUT2D eigenvalue weighted by Crippen LogP contribution is 2.36. The first kappa shape index (κ1) is 37.5. The molecule has 0 heterocycles. The zero-order chi connectivity index (χ0) is 38.3. The number of aliphatic carboxylic acids is 2. The molecule has 0 amide bonds. The summed E-state index contributed by atoms with van der Waals surface area (Å²) in [6.07, 6.45) is -1.79. The van der Waals surface area contributed by atoms with Crippen LogP contribution in [0.5, 0.6) is 46.0 Å². The van der Waals surface area contributed by atoms with Gasteiger partial charge in [0.05, 0.1) is 5.57 Å². The molecule has 16 heteroatoms. The van der Waals surface area contributed by atoms with E-state index in [1.807, 2.05) is 0 Å². The third-order valence-electron chi connectivity index (χ3n) is 7.35. The minimum absolute atomic E-state index is 0.0454. The molecule has 0 aliphatic carbocycles. The molecular formula is C36H30O16. The Bertz CT molecular complexity index is 2100. The Labute approximate surface area is 292 Å². The summed E-state index contributed by atoms with van der Waals surface area (Å²) in [5, 5.41) is 98.6. The fraction of sp³-hybridized carbons (Fsp3) is 0.111. The number of rotatable bonds is 13. The molecule has 52 heavy (non-hydrogen) atoms. The van der Waals surface area contributed by atoms with E-state index >= 15 is 0 Å². The normalized spacial score (nSPS) is 12.6. The molecule has 0 saturated carbocycles. The number of carbonyl (C=O) groups excluding carboxylic acids is 2. The molecule has 0 aliphatic rings. The second-order valence-corrected chi connectivity index (χ2v) is 11.1. The third-order valence-corrected chi connectivity index (χ3v) is 7.35. The van der Waals surface area contributed by atoms with Crippen LogP contribution in [0.1, 0.15) is 27.8 Å². The van der Waals surface area contributed by atoms with Crippen molar-refractivity contribution in [1.82, 2.24) is 0 Å². The quantitative estimate of drug-likeness (QED) is 0.0410. The highest BCUT2D eigenvalue weighted by Gasteiger charge is 2.28. The lowest BCUT2D eigenvalue weighted by atomic mass is 9.96. The Morgan fingerprint density at radius 1 is 0.558 bits per heavy atom. The van der Waals surface area contributed by atoms with Crippen LogP contribution in [0, 0.1) is 0 Å². The van der Waals surface area contributed by atoms with Crippen LogP contribution in [-0.2, 0) is 41.5 Å². The first-order valence-electron chi connectivity index (χ1n) is 14.9. The monoisotopic (exact) mass is 718 g/mol. The van der Waals surface area contributed by atoms with Crippen molar-refractivity contribution in [2.75, 3.05) is 0 Å². The molecule has 4 aromatic carbocycles. The Morgan fingerprint density at radius 3 is 1.52 bits per heavy atom. The number of carboxylic acids is 2. The van der Waals surface area contributed by atoms with Crippen LogP contribution >= 0.6 is 0 Å². The first-order chi connectivity index (χ1) is 24.5. The summed E-state index contributed by atoms with van der Waals surface area (Å²) in [7, 11) is 0. The lowest BCUT2D eigenvalue weighted by molar-refractivity contribution is -0.160. The smallest absolute Gasteiger partial charge is 0.345 e. The van der Waals surface area contributed by atoms with Crippen molar-refractivity contribution in [3.8, 4) is 46.0 Å². The van der Waals surface area contributed by atoms with E-state index in [-0.39, 0.29) is 27.8 Å². The Balaban J connectivity index is 1.72. The van der Waals surface area contributed by atoms with Gasteiger partial charge in [0.15, 0.2) is 46.0 Å². The predicted octanol–water partition coefficient (Wildman–Crippen LogP) is 3.36. The van der Waals surface area contributed by atoms with Crippen molar-refractivity contribution >= 4 is 41.6 Å². The fourth-order valence-electron chi connectivity index (χ4n) is 4.72. The van der Waals surface area contributed by atoms with Crippen LogP contribution in [0.25, 0.3) is 17.7 Å². The molecule has 10 N–H and O–H groups in total. The van der Waals surface area contributed by atoms with Crippen LogP contribution < -0.4 is 0 Å². The van der Waals surface area contributed by atoms with Gasteiger partial charge in [0, 0.05) is 24.5 Å². The van der Waals surface area contributed by atoms with Crippen molar-refractivity contribution in [2.24, 2.45) is 0 Å². The number of phenolic OH excluding ortho intramolecular Hbond substituents is 8. The Kier molecular flexibility index (Phi) is 11.5. The lowest BCUT2D eigenvalue weighted by Gasteiger charge is -2.18. The number of ether oxygens (including phenoxy) is 2. The molecule has 16 nitrogen and oxygen atoms in total. The third kappa shape index (κ3) is 9.41. The molecular weight excluding hydrogens is 688 g/mol. The molecule has 270 valence electrons. The van der Waals surface area contributed by atoms with Crippen LogP contribution in [-0.4, -0.2) is 87.2 Å². The maximum atomic E-state index is 13.7. The standard InChI is InChI=1S/C36H30O16/c37-23-5-1-17(10-26(23)40)9-22(36(50)52-32(35(48)49)14-19-3-7-25(39)28(42)12-19)21-16-30(44)29(43)15-20(21)4-8-33(45)51-31(34(46)47)13-18-2-6-24(38)27(41)11-18/h1-12,15-16,31-32,37-44H,13-14H2,(H,46,47)(H,48,49)/b8-4+,22-9+/t31-,32-/m1/s1. The van der Waals surface area contributed by atoms with Gasteiger partial charge in [-0.1, -0.05) is 18.2 Å². The minimum atomic E-state index is -1.89. The molecule has 0 radical (unpaired) electrons. The number of hydrogen-bond donors (Lipinski definition) is 10. The molecule has 4 aromatic rings. The number of phenols is 8. The number of aromatic hydroxyl groups is 8. The highest BCUT2D eigenvalue weighted by atomic mass is 16.6. The van der Waals surface area contributed by atoms with Gasteiger partial charge in [-0.15, -0.1) is 0 Å². The number of carbonyl (C=O) groups is 4. The molecule has 0 spiro atoms. The molecule has 0 aliphatic heterocycles. The van der Waals surface area contributed by atoms with E-state index in [9.17, 15) is 70.2 Å². The summed E-state index contributed by atoms with van der Waals surface area (Å²) in [5.74, 6) is -10.4. The van der Waals surface area contributed by atoms with E-state index in [0.29, 0.717) is 0 Å². The molecule has 2 atom stereocenters. The van der Waals surface area contributed by atoms with Crippen molar-refractivity contribution < 1.29 is 79.7 Å². The summed E-state index contributed by atoms with van der Waals surface area (Å²) in [6.45, 7) is 0. The first-order valence-corrected chi connectivity index (χ1v) is 14.9. The number of benzene rings is 4. The van der Waals surface area contributed by atoms with Gasteiger partial charge in [0.1, 0.15) is 0 Å². The molecule has 0 unspecified atom stereocenters. The number of carboxylic acid groups (broad SMARTS) is 2. The van der Waals surface area contributed by atoms with E-state index in [1.165, 1.54) is 18.2 Å². The molecule has 0 bridgehead atoms. The average Bonchev–Trinajstić information content (AvgIpc) is 3.08. The van der Waals surface area contributed by atoms with Gasteiger partial charge in [-0.3, -0.25) is 0 Å². The summed E-state index contributed by atoms with van der Waals surface area (Å²) in [6, 6.07) is 12.0. The number of hydrogen-bond acceptors (Lipinski definition) is 14. The zero-order valence-electron chi connectivity index (χ0n) is 26.6. The number of esters is 2. The van der Waals surface area contributed by atoms with Gasteiger partial charge < -0.3 is 60.5 Å². The highest BCUT2D eigenvalue weighted by molar-refractivity contribution is 6.23. The van der Waals surface area contributed by atoms with Crippen LogP contribution in [0.3, 0.4) is 0 Å². The van der Waals surface area contributed by atoms with E-state index in [2.05, 4.69) is 0 Å². The fourth-order valence-corrected chi connectivity index (χ4v) is 4.72. The van der Waals surface area contributed by atoms with Crippen molar-refractivity contribution in [2.45, 2.75) is 25.0 Å². The molecule has 0 saturated heterocycles. The summed E-state index contributed by atoms with van der Waals surface area (Å²) < 4.78 is 10.4. The van der Waals surface area contributed by atoms with Crippen molar-refractivity contribution in [1.29, 1.82) is 0 Å². The molecule has 0 fully saturated rings. The van der Waals surface area contributed by atoms with Gasteiger partial charge in [-0.2, -0.15) is 0 Å². The SMILES string of the molecule is O=C(/C=C/c1cc(O)c(O)cc1/C(=C\c1ccc(O)c(O)c1)C(=O)O[C@H](Cc1ccc(O)c(O)c1)C(=O)O)O[C@H](Cc1ccc(O)c(O)c1)C(=O)O. The van der Waals surface area contributed by atoms with E-state index in [1.54, 1.807) is 0 Å². The Morgan fingerprint density at radius 2 is 1.02 bits per heavy atom. The maximum Gasteiger partial charge on any atom is 0.345 e. The van der Waals surface area contributed by atoms with E-state index in [4.69, 9.17) is 9.47 Å². The van der Waals surface area contributed by atoms with Crippen LogP contribution in [0.2, 0.25) is 0 Å². The van der Waals surface area contributed by atoms with Crippen LogP contribution in [0.15, 0.2) is 72.8 Å². The van der Waals surface area contributed by atoms with E-state index < -0.39 is 100 Å². The van der Waals surface area contributed by atoms with Crippen molar-refractivity contribution in [3.05, 3.63) is 101 Å². The van der Waals surface area contributed by atoms with Crippen LogP contribution in [0.4, 0.5) is 0 Å². The predicted molar refractivity (Wildman–Crippen MR) is 178 cm³/mol. The second kappa shape index (κ2) is 15.9. The average molecular weight is 719 g/mol. The molecule has 4 rings (SSSR count). The van der Waals surface area contributed by atoms with Gasteiger partial charge >= 0.3 is 23.9 Å². The lowest BCUT2D eigenvalue weighted by Crippen LogP contribution is -2.29. The van der Waals surface area contributed by atoms with Crippen molar-refractivity contribution in [3.63, 3.8) is 0 Å². The summed E-state index contributed by atoms with van der Waals surface area (Å²) >= 11 is 0. The van der Waals surface area contributed by atoms with Gasteiger partial charge in [0.25, 0.3) is 0 Å². The second-order valence-electron chi connectivity index (χ2n) is 11.1. The zero-order valence-corrected chi connectivity index (χ0v) is 26.6. The summed E-state index contributed by atoms with van der Waals surface area (Å²) in [4.78, 5) is 50.5. The molecule has 0 aromatic heterocycles. The van der Waals surface area contributed by atoms with Gasteiger partial charge in [-0.25, -0.2) is 19.2 Å². The largest absolute Gasteiger partial charge is 0.504 e.